The van der Waals surface area contributed by atoms with Gasteiger partial charge in [0.15, 0.2) is 0 Å². The minimum absolute atomic E-state index is 0.147. The number of aromatic amines is 1. The van der Waals surface area contributed by atoms with E-state index < -0.39 is 0 Å². The molecule has 2 N–H and O–H groups in total. The molecule has 1 atom stereocenters. The van der Waals surface area contributed by atoms with Gasteiger partial charge in [-0.15, -0.1) is 0 Å². The molecule has 0 bridgehead atoms. The first-order valence-electron chi connectivity index (χ1n) is 6.08. The molecule has 0 radical (unpaired) electrons. The third kappa shape index (κ3) is 2.44. The van der Waals surface area contributed by atoms with Gasteiger partial charge >= 0.3 is 0 Å². The molecule has 2 rings (SSSR count). The lowest BCUT2D eigenvalue weighted by atomic mass is 9.97. The summed E-state index contributed by atoms with van der Waals surface area (Å²) in [6.07, 6.45) is 4.97. The number of nitrogens with zero attached hydrogens (tertiary/aromatic N) is 1. The van der Waals surface area contributed by atoms with Crippen LogP contribution < -0.4 is 0 Å². The fourth-order valence-corrected chi connectivity index (χ4v) is 2.18. The van der Waals surface area contributed by atoms with Crippen LogP contribution in [0.15, 0.2) is 6.20 Å². The molecule has 1 unspecified atom stereocenters. The predicted molar refractivity (Wildman–Crippen MR) is 61.5 cm³/mol. The van der Waals surface area contributed by atoms with E-state index in [1.165, 1.54) is 5.69 Å². The SMILES string of the molecule is CCC(CO)c1ncc(C2CCOCC2)[nH]1. The summed E-state index contributed by atoms with van der Waals surface area (Å²) in [4.78, 5) is 7.74. The standard InChI is InChI=1S/C12H20N2O2/c1-2-9(8-15)12-13-7-11(14-12)10-3-5-16-6-4-10/h7,9-10,15H,2-6,8H2,1H3,(H,13,14). The average molecular weight is 224 g/mol. The largest absolute Gasteiger partial charge is 0.396 e. The number of aliphatic hydroxyl groups excluding tert-OH is 1. The van der Waals surface area contributed by atoms with Gasteiger partial charge in [0.1, 0.15) is 5.82 Å². The fourth-order valence-electron chi connectivity index (χ4n) is 2.18. The molecular formula is C12H20N2O2. The highest BCUT2D eigenvalue weighted by Gasteiger charge is 2.19. The Bertz CT molecular complexity index is 315. The Morgan fingerprint density at radius 2 is 2.31 bits per heavy atom. The van der Waals surface area contributed by atoms with E-state index in [9.17, 15) is 5.11 Å². The number of H-pyrrole nitrogens is 1. The van der Waals surface area contributed by atoms with Gasteiger partial charge in [-0.05, 0) is 19.3 Å². The molecule has 4 nitrogen and oxygen atoms in total. The van der Waals surface area contributed by atoms with Gasteiger partial charge in [-0.25, -0.2) is 4.98 Å². The summed E-state index contributed by atoms with van der Waals surface area (Å²) < 4.78 is 5.34. The fraction of sp³-hybridized carbons (Fsp3) is 0.750. The normalized spacial score (nSPS) is 19.9. The number of aliphatic hydroxyl groups is 1. The minimum atomic E-state index is 0.147. The van der Waals surface area contributed by atoms with Crippen molar-refractivity contribution in [3.63, 3.8) is 0 Å². The van der Waals surface area contributed by atoms with Crippen molar-refractivity contribution in [1.29, 1.82) is 0 Å². The van der Waals surface area contributed by atoms with E-state index in [-0.39, 0.29) is 12.5 Å². The van der Waals surface area contributed by atoms with Gasteiger partial charge in [-0.2, -0.15) is 0 Å². The molecular weight excluding hydrogens is 204 g/mol. The minimum Gasteiger partial charge on any atom is -0.396 e. The van der Waals surface area contributed by atoms with Crippen LogP contribution in [0.5, 0.6) is 0 Å². The van der Waals surface area contributed by atoms with E-state index in [0.29, 0.717) is 5.92 Å². The highest BCUT2D eigenvalue weighted by atomic mass is 16.5. The van der Waals surface area contributed by atoms with Crippen molar-refractivity contribution in [3.8, 4) is 0 Å². The van der Waals surface area contributed by atoms with Gasteiger partial charge in [-0.1, -0.05) is 6.92 Å². The lowest BCUT2D eigenvalue weighted by Crippen LogP contribution is -2.14. The van der Waals surface area contributed by atoms with Crippen molar-refractivity contribution in [2.75, 3.05) is 19.8 Å². The van der Waals surface area contributed by atoms with Crippen LogP contribution in [-0.2, 0) is 4.74 Å². The lowest BCUT2D eigenvalue weighted by molar-refractivity contribution is 0.0845. The molecule has 90 valence electrons. The third-order valence-electron chi connectivity index (χ3n) is 3.38. The topological polar surface area (TPSA) is 58.1 Å². The molecule has 16 heavy (non-hydrogen) atoms. The summed E-state index contributed by atoms with van der Waals surface area (Å²) in [5.74, 6) is 1.62. The lowest BCUT2D eigenvalue weighted by Gasteiger charge is -2.20. The first kappa shape index (κ1) is 11.6. The van der Waals surface area contributed by atoms with Gasteiger partial charge in [-0.3, -0.25) is 0 Å². The van der Waals surface area contributed by atoms with Gasteiger partial charge in [0.25, 0.3) is 0 Å². The zero-order valence-electron chi connectivity index (χ0n) is 9.78. The molecule has 0 aromatic carbocycles. The van der Waals surface area contributed by atoms with Crippen LogP contribution in [0.2, 0.25) is 0 Å². The Hall–Kier alpha value is -0.870. The van der Waals surface area contributed by atoms with Crippen molar-refractivity contribution in [2.24, 2.45) is 0 Å². The number of ether oxygens (including phenoxy) is 1. The number of rotatable bonds is 4. The first-order chi connectivity index (χ1) is 7.85. The van der Waals surface area contributed by atoms with Crippen molar-refractivity contribution in [1.82, 2.24) is 9.97 Å². The van der Waals surface area contributed by atoms with Crippen LogP contribution in [0.1, 0.15) is 49.5 Å². The van der Waals surface area contributed by atoms with Crippen molar-refractivity contribution in [2.45, 2.75) is 38.0 Å². The van der Waals surface area contributed by atoms with Crippen LogP contribution >= 0.6 is 0 Å². The Morgan fingerprint density at radius 3 is 2.94 bits per heavy atom. The second-order valence-corrected chi connectivity index (χ2v) is 4.40. The number of hydrogen-bond donors (Lipinski definition) is 2. The molecule has 1 aliphatic heterocycles. The summed E-state index contributed by atoms with van der Waals surface area (Å²) in [5, 5.41) is 9.22. The molecule has 2 heterocycles. The molecule has 0 saturated carbocycles. The quantitative estimate of drug-likeness (QED) is 0.819. The van der Waals surface area contributed by atoms with Gasteiger partial charge in [0, 0.05) is 36.9 Å². The molecule has 1 saturated heterocycles. The molecule has 0 amide bonds. The molecule has 1 fully saturated rings. The van der Waals surface area contributed by atoms with Gasteiger partial charge in [0.2, 0.25) is 0 Å². The maximum absolute atomic E-state index is 9.22. The highest BCUT2D eigenvalue weighted by molar-refractivity contribution is 5.11. The number of aromatic nitrogens is 2. The van der Waals surface area contributed by atoms with Gasteiger partial charge in [0.05, 0.1) is 6.61 Å². The number of hydrogen-bond acceptors (Lipinski definition) is 3. The zero-order chi connectivity index (χ0) is 11.4. The molecule has 1 aromatic rings. The Balaban J connectivity index is 2.05. The van der Waals surface area contributed by atoms with E-state index in [4.69, 9.17) is 4.74 Å². The molecule has 0 aliphatic carbocycles. The molecule has 0 spiro atoms. The Kier molecular flexibility index (Phi) is 3.96. The first-order valence-corrected chi connectivity index (χ1v) is 6.08. The molecule has 1 aromatic heterocycles. The average Bonchev–Trinajstić information content (AvgIpc) is 2.81. The van der Waals surface area contributed by atoms with Crippen molar-refractivity contribution in [3.05, 3.63) is 17.7 Å². The van der Waals surface area contributed by atoms with Crippen LogP contribution in [-0.4, -0.2) is 34.9 Å². The third-order valence-corrected chi connectivity index (χ3v) is 3.38. The predicted octanol–water partition coefficient (Wildman–Crippen LogP) is 1.79. The maximum Gasteiger partial charge on any atom is 0.111 e. The smallest absolute Gasteiger partial charge is 0.111 e. The maximum atomic E-state index is 9.22. The van der Waals surface area contributed by atoms with Gasteiger partial charge < -0.3 is 14.8 Å². The summed E-state index contributed by atoms with van der Waals surface area (Å²) in [7, 11) is 0. The van der Waals surface area contributed by atoms with E-state index in [2.05, 4.69) is 16.9 Å². The van der Waals surface area contributed by atoms with Crippen LogP contribution in [0.25, 0.3) is 0 Å². The van der Waals surface area contributed by atoms with Crippen molar-refractivity contribution >= 4 is 0 Å². The summed E-state index contributed by atoms with van der Waals surface area (Å²) in [6, 6.07) is 0. The van der Waals surface area contributed by atoms with E-state index in [0.717, 1.165) is 38.3 Å². The Morgan fingerprint density at radius 1 is 1.56 bits per heavy atom. The monoisotopic (exact) mass is 224 g/mol. The summed E-state index contributed by atoms with van der Waals surface area (Å²) in [5.41, 5.74) is 1.20. The summed E-state index contributed by atoms with van der Waals surface area (Å²) >= 11 is 0. The highest BCUT2D eigenvalue weighted by Crippen LogP contribution is 2.26. The molecule has 4 heteroatoms. The summed E-state index contributed by atoms with van der Waals surface area (Å²) in [6.45, 7) is 3.92. The van der Waals surface area contributed by atoms with Crippen LogP contribution in [0, 0.1) is 0 Å². The second-order valence-electron chi connectivity index (χ2n) is 4.40. The Labute approximate surface area is 96.0 Å². The van der Waals surface area contributed by atoms with Crippen LogP contribution in [0.3, 0.4) is 0 Å². The van der Waals surface area contributed by atoms with E-state index >= 15 is 0 Å². The van der Waals surface area contributed by atoms with Crippen LogP contribution in [0.4, 0.5) is 0 Å². The zero-order valence-corrected chi connectivity index (χ0v) is 9.78. The number of imidazole rings is 1. The molecule has 1 aliphatic rings. The number of nitrogens with one attached hydrogen (secondary N) is 1. The van der Waals surface area contributed by atoms with Crippen molar-refractivity contribution < 1.29 is 9.84 Å². The second kappa shape index (κ2) is 5.46. The van der Waals surface area contributed by atoms with E-state index in [1.807, 2.05) is 6.20 Å². The van der Waals surface area contributed by atoms with E-state index in [1.54, 1.807) is 0 Å².